The molecule has 3 heterocycles. The summed E-state index contributed by atoms with van der Waals surface area (Å²) in [5, 5.41) is 2.98. The van der Waals surface area contributed by atoms with Crippen LogP contribution in [0.1, 0.15) is 45.5 Å². The van der Waals surface area contributed by atoms with Crippen LogP contribution in [0.5, 0.6) is 11.5 Å². The Balaban J connectivity index is 1.38. The molecule has 0 aliphatic carbocycles. The minimum absolute atomic E-state index is 0.0543. The molecule has 2 aliphatic rings. The van der Waals surface area contributed by atoms with E-state index in [9.17, 15) is 4.79 Å². The lowest BCUT2D eigenvalue weighted by Gasteiger charge is -2.10. The first-order valence-electron chi connectivity index (χ1n) is 8.68. The van der Waals surface area contributed by atoms with Crippen molar-refractivity contribution in [1.82, 2.24) is 5.32 Å². The highest BCUT2D eigenvalue weighted by molar-refractivity contribution is 7.14. The van der Waals surface area contributed by atoms with Crippen LogP contribution < -0.4 is 14.8 Å². The summed E-state index contributed by atoms with van der Waals surface area (Å²) in [5.74, 6) is 1.47. The number of ether oxygens (including phenoxy) is 3. The van der Waals surface area contributed by atoms with Crippen LogP contribution in [-0.4, -0.2) is 25.7 Å². The second-order valence-corrected chi connectivity index (χ2v) is 7.33. The molecule has 0 bridgehead atoms. The van der Waals surface area contributed by atoms with E-state index in [1.807, 2.05) is 30.3 Å². The Bertz CT molecular complexity index is 752. The lowest BCUT2D eigenvalue weighted by atomic mass is 10.2. The van der Waals surface area contributed by atoms with E-state index in [2.05, 4.69) is 5.32 Å². The largest absolute Gasteiger partial charge is 0.490 e. The molecular formula is C19H21NO4S. The smallest absolute Gasteiger partial charge is 0.261 e. The zero-order chi connectivity index (χ0) is 17.1. The van der Waals surface area contributed by atoms with Gasteiger partial charge in [0.2, 0.25) is 0 Å². The van der Waals surface area contributed by atoms with Gasteiger partial charge >= 0.3 is 0 Å². The number of amides is 1. The van der Waals surface area contributed by atoms with Gasteiger partial charge in [0.25, 0.3) is 5.91 Å². The molecule has 1 atom stereocenters. The molecule has 4 rings (SSSR count). The second-order valence-electron chi connectivity index (χ2n) is 6.22. The summed E-state index contributed by atoms with van der Waals surface area (Å²) in [5.41, 5.74) is 0.994. The van der Waals surface area contributed by atoms with Gasteiger partial charge in [0, 0.05) is 24.4 Å². The van der Waals surface area contributed by atoms with Crippen molar-refractivity contribution in [3.63, 3.8) is 0 Å². The maximum Gasteiger partial charge on any atom is 0.261 e. The van der Waals surface area contributed by atoms with E-state index in [4.69, 9.17) is 14.2 Å². The van der Waals surface area contributed by atoms with Crippen molar-refractivity contribution in [2.24, 2.45) is 0 Å². The van der Waals surface area contributed by atoms with Gasteiger partial charge in [-0.05, 0) is 42.7 Å². The zero-order valence-electron chi connectivity index (χ0n) is 14.0. The maximum absolute atomic E-state index is 12.4. The number of carbonyl (C=O) groups is 1. The van der Waals surface area contributed by atoms with Crippen molar-refractivity contribution in [2.75, 3.05) is 19.8 Å². The number of hydrogen-bond acceptors (Lipinski definition) is 5. The lowest BCUT2D eigenvalue weighted by molar-refractivity contribution is 0.0955. The summed E-state index contributed by atoms with van der Waals surface area (Å²) in [6.07, 6.45) is 3.17. The van der Waals surface area contributed by atoms with Gasteiger partial charge in [0.15, 0.2) is 11.5 Å². The van der Waals surface area contributed by atoms with Crippen LogP contribution in [-0.2, 0) is 11.3 Å². The Morgan fingerprint density at radius 2 is 1.96 bits per heavy atom. The average molecular weight is 359 g/mol. The SMILES string of the molecule is O=C(NCc1ccc2c(c1)OCCCO2)c1ccc([C@H]2CCCO2)s1. The first-order chi connectivity index (χ1) is 12.3. The molecule has 0 saturated carbocycles. The van der Waals surface area contributed by atoms with Gasteiger partial charge < -0.3 is 19.5 Å². The van der Waals surface area contributed by atoms with Crippen LogP contribution in [0, 0.1) is 0 Å². The Kier molecular flexibility index (Phi) is 4.90. The number of fused-ring (bicyclic) bond motifs is 1. The lowest BCUT2D eigenvalue weighted by Crippen LogP contribution is -2.21. The predicted octanol–water partition coefficient (Wildman–Crippen LogP) is 3.69. The van der Waals surface area contributed by atoms with E-state index in [1.165, 1.54) is 11.3 Å². The molecule has 6 heteroatoms. The third-order valence-corrected chi connectivity index (χ3v) is 5.54. The summed E-state index contributed by atoms with van der Waals surface area (Å²) in [7, 11) is 0. The van der Waals surface area contributed by atoms with Crippen LogP contribution in [0.15, 0.2) is 30.3 Å². The fourth-order valence-electron chi connectivity index (χ4n) is 3.04. The number of rotatable bonds is 4. The zero-order valence-corrected chi connectivity index (χ0v) is 14.8. The molecule has 1 saturated heterocycles. The topological polar surface area (TPSA) is 56.8 Å². The Labute approximate surface area is 150 Å². The normalized spacial score (nSPS) is 19.4. The Morgan fingerprint density at radius 3 is 2.80 bits per heavy atom. The van der Waals surface area contributed by atoms with Crippen molar-refractivity contribution >= 4 is 17.2 Å². The predicted molar refractivity (Wildman–Crippen MR) is 95.5 cm³/mol. The second kappa shape index (κ2) is 7.45. The molecule has 1 fully saturated rings. The minimum Gasteiger partial charge on any atom is -0.490 e. The van der Waals surface area contributed by atoms with Crippen LogP contribution in [0.4, 0.5) is 0 Å². The highest BCUT2D eigenvalue weighted by Crippen LogP contribution is 2.33. The number of carbonyl (C=O) groups excluding carboxylic acids is 1. The quantitative estimate of drug-likeness (QED) is 0.904. The fraction of sp³-hybridized carbons (Fsp3) is 0.421. The van der Waals surface area contributed by atoms with Gasteiger partial charge in [-0.2, -0.15) is 0 Å². The first kappa shape index (κ1) is 16.4. The highest BCUT2D eigenvalue weighted by Gasteiger charge is 2.21. The fourth-order valence-corrected chi connectivity index (χ4v) is 4.05. The number of thiophene rings is 1. The third kappa shape index (κ3) is 3.80. The van der Waals surface area contributed by atoms with Crippen molar-refractivity contribution < 1.29 is 19.0 Å². The Hall–Kier alpha value is -2.05. The van der Waals surface area contributed by atoms with Gasteiger partial charge in [-0.25, -0.2) is 0 Å². The maximum atomic E-state index is 12.4. The van der Waals surface area contributed by atoms with E-state index in [1.54, 1.807) is 0 Å². The van der Waals surface area contributed by atoms with Crippen LogP contribution in [0.25, 0.3) is 0 Å². The number of benzene rings is 1. The van der Waals surface area contributed by atoms with Gasteiger partial charge in [0.1, 0.15) is 0 Å². The molecule has 0 spiro atoms. The molecule has 0 radical (unpaired) electrons. The van der Waals surface area contributed by atoms with Gasteiger partial charge in [-0.3, -0.25) is 4.79 Å². The average Bonchev–Trinajstić information content (AvgIpc) is 3.27. The van der Waals surface area contributed by atoms with Crippen LogP contribution >= 0.6 is 11.3 Å². The third-order valence-electron chi connectivity index (χ3n) is 4.36. The van der Waals surface area contributed by atoms with Crippen molar-refractivity contribution in [1.29, 1.82) is 0 Å². The van der Waals surface area contributed by atoms with Gasteiger partial charge in [0.05, 0.1) is 24.2 Å². The molecule has 2 aliphatic heterocycles. The van der Waals surface area contributed by atoms with Crippen LogP contribution in [0.3, 0.4) is 0 Å². The number of hydrogen-bond donors (Lipinski definition) is 1. The van der Waals surface area contributed by atoms with E-state index in [0.717, 1.165) is 52.7 Å². The van der Waals surface area contributed by atoms with Gasteiger partial charge in [-0.15, -0.1) is 11.3 Å². The minimum atomic E-state index is -0.0543. The van der Waals surface area contributed by atoms with E-state index in [-0.39, 0.29) is 12.0 Å². The summed E-state index contributed by atoms with van der Waals surface area (Å²) in [6.45, 7) is 2.61. The summed E-state index contributed by atoms with van der Waals surface area (Å²) in [6, 6.07) is 9.68. The molecule has 132 valence electrons. The van der Waals surface area contributed by atoms with Crippen molar-refractivity contribution in [3.8, 4) is 11.5 Å². The molecule has 1 aromatic carbocycles. The van der Waals surface area contributed by atoms with E-state index in [0.29, 0.717) is 19.8 Å². The van der Waals surface area contributed by atoms with Crippen LogP contribution in [0.2, 0.25) is 0 Å². The monoisotopic (exact) mass is 359 g/mol. The first-order valence-corrected chi connectivity index (χ1v) is 9.49. The van der Waals surface area contributed by atoms with Crippen molar-refractivity contribution in [3.05, 3.63) is 45.6 Å². The molecule has 1 aromatic heterocycles. The molecule has 2 aromatic rings. The van der Waals surface area contributed by atoms with E-state index >= 15 is 0 Å². The van der Waals surface area contributed by atoms with E-state index < -0.39 is 0 Å². The summed E-state index contributed by atoms with van der Waals surface area (Å²) >= 11 is 1.52. The van der Waals surface area contributed by atoms with Crippen molar-refractivity contribution in [2.45, 2.75) is 31.9 Å². The molecule has 1 amide bonds. The molecule has 25 heavy (non-hydrogen) atoms. The standard InChI is InChI=1S/C19H21NO4S/c21-19(18-7-6-17(25-18)15-3-1-8-23-15)20-12-13-4-5-14-16(11-13)24-10-2-9-22-14/h4-7,11,15H,1-3,8-10,12H2,(H,20,21)/t15-/m1/s1. The number of nitrogens with one attached hydrogen (secondary N) is 1. The highest BCUT2D eigenvalue weighted by atomic mass is 32.1. The molecule has 5 nitrogen and oxygen atoms in total. The summed E-state index contributed by atoms with van der Waals surface area (Å²) in [4.78, 5) is 14.3. The Morgan fingerprint density at radius 1 is 1.08 bits per heavy atom. The molecule has 1 N–H and O–H groups in total. The summed E-state index contributed by atoms with van der Waals surface area (Å²) < 4.78 is 17.0. The molecule has 0 unspecified atom stereocenters. The molecular weight excluding hydrogens is 338 g/mol. The van der Waals surface area contributed by atoms with Gasteiger partial charge in [-0.1, -0.05) is 6.07 Å².